The fourth-order valence-corrected chi connectivity index (χ4v) is 5.56. The van der Waals surface area contributed by atoms with Crippen LogP contribution < -0.4 is 4.74 Å². The van der Waals surface area contributed by atoms with Gasteiger partial charge in [-0.3, -0.25) is 4.90 Å². The molecule has 3 aliphatic rings. The number of hydrogen-bond donors (Lipinski definition) is 0. The molecule has 0 N–H and O–H groups in total. The van der Waals surface area contributed by atoms with Gasteiger partial charge in [0, 0.05) is 38.4 Å². The van der Waals surface area contributed by atoms with E-state index < -0.39 is 0 Å². The number of fused-ring (bicyclic) bond motifs is 1. The van der Waals surface area contributed by atoms with Crippen LogP contribution in [-0.2, 0) is 6.42 Å². The Hall–Kier alpha value is -2.31. The Labute approximate surface area is 167 Å². The lowest BCUT2D eigenvalue weighted by atomic mass is 9.85. The molecule has 2 heterocycles. The zero-order valence-corrected chi connectivity index (χ0v) is 16.7. The van der Waals surface area contributed by atoms with E-state index in [9.17, 15) is 0 Å². The summed E-state index contributed by atoms with van der Waals surface area (Å²) >= 11 is 0. The molecule has 1 spiro atoms. The van der Waals surface area contributed by atoms with E-state index in [4.69, 9.17) is 10.00 Å². The van der Waals surface area contributed by atoms with Crippen molar-refractivity contribution in [2.75, 3.05) is 13.1 Å². The maximum atomic E-state index is 9.00. The molecule has 144 valence electrons. The molecular weight excluding hydrogens is 344 g/mol. The van der Waals surface area contributed by atoms with Gasteiger partial charge in [-0.15, -0.1) is 0 Å². The number of likely N-dealkylation sites (tertiary alicyclic amines) is 1. The molecule has 5 rings (SSSR count). The van der Waals surface area contributed by atoms with E-state index in [-0.39, 0.29) is 5.60 Å². The summed E-state index contributed by atoms with van der Waals surface area (Å²) < 4.78 is 6.53. The number of ether oxygens (including phenoxy) is 1. The Balaban J connectivity index is 1.30. The SMILES string of the molecule is CC1CCCC1N1CCC2(CC1)Cc1cc(-c3ccc(C#N)cc3)ccc1O2. The molecule has 3 heteroatoms. The van der Waals surface area contributed by atoms with E-state index in [1.54, 1.807) is 0 Å². The van der Waals surface area contributed by atoms with Crippen molar-refractivity contribution >= 4 is 0 Å². The first kappa shape index (κ1) is 17.8. The topological polar surface area (TPSA) is 36.3 Å². The Morgan fingerprint density at radius 1 is 1.04 bits per heavy atom. The summed E-state index contributed by atoms with van der Waals surface area (Å²) in [6.07, 6.45) is 7.47. The Kier molecular flexibility index (Phi) is 4.40. The van der Waals surface area contributed by atoms with Crippen molar-refractivity contribution in [3.63, 3.8) is 0 Å². The van der Waals surface area contributed by atoms with Gasteiger partial charge in [-0.1, -0.05) is 31.5 Å². The molecule has 2 aromatic rings. The molecule has 0 aromatic heterocycles. The van der Waals surface area contributed by atoms with Crippen molar-refractivity contribution in [1.82, 2.24) is 4.90 Å². The summed E-state index contributed by atoms with van der Waals surface area (Å²) in [7, 11) is 0. The number of hydrogen-bond acceptors (Lipinski definition) is 3. The predicted octanol–water partition coefficient (Wildman–Crippen LogP) is 5.18. The van der Waals surface area contributed by atoms with Crippen LogP contribution in [0.3, 0.4) is 0 Å². The average Bonchev–Trinajstić information content (AvgIpc) is 3.31. The Morgan fingerprint density at radius 3 is 2.46 bits per heavy atom. The van der Waals surface area contributed by atoms with E-state index in [1.807, 2.05) is 24.3 Å². The van der Waals surface area contributed by atoms with Gasteiger partial charge in [-0.05, 0) is 59.7 Å². The normalized spacial score (nSPS) is 26.0. The molecule has 2 aliphatic heterocycles. The standard InChI is InChI=1S/C25H28N2O/c1-18-3-2-4-23(18)27-13-11-25(12-14-27)16-22-15-21(9-10-24(22)28-25)20-7-5-19(17-26)6-8-20/h5-10,15,18,23H,2-4,11-14,16H2,1H3. The van der Waals surface area contributed by atoms with E-state index in [0.717, 1.165) is 42.5 Å². The second-order valence-electron chi connectivity index (χ2n) is 8.99. The minimum atomic E-state index is 0.00393. The van der Waals surface area contributed by atoms with Crippen molar-refractivity contribution < 1.29 is 4.74 Å². The first-order chi connectivity index (χ1) is 13.7. The third-order valence-electron chi connectivity index (χ3n) is 7.24. The summed E-state index contributed by atoms with van der Waals surface area (Å²) in [5.74, 6) is 1.92. The highest BCUT2D eigenvalue weighted by atomic mass is 16.5. The van der Waals surface area contributed by atoms with Crippen LogP contribution in [0.1, 0.15) is 50.2 Å². The largest absolute Gasteiger partial charge is 0.487 e. The lowest BCUT2D eigenvalue weighted by Gasteiger charge is -2.42. The van der Waals surface area contributed by atoms with Crippen LogP contribution in [0.2, 0.25) is 0 Å². The second-order valence-corrected chi connectivity index (χ2v) is 8.99. The van der Waals surface area contributed by atoms with Crippen LogP contribution >= 0.6 is 0 Å². The van der Waals surface area contributed by atoms with Gasteiger partial charge in [0.15, 0.2) is 0 Å². The van der Waals surface area contributed by atoms with Crippen molar-refractivity contribution in [2.24, 2.45) is 5.92 Å². The fraction of sp³-hybridized carbons (Fsp3) is 0.480. The van der Waals surface area contributed by atoms with Gasteiger partial charge in [-0.25, -0.2) is 0 Å². The first-order valence-electron chi connectivity index (χ1n) is 10.7. The van der Waals surface area contributed by atoms with Gasteiger partial charge in [0.1, 0.15) is 11.4 Å². The van der Waals surface area contributed by atoms with Gasteiger partial charge >= 0.3 is 0 Å². The van der Waals surface area contributed by atoms with E-state index in [2.05, 4.69) is 36.1 Å². The average molecular weight is 373 g/mol. The van der Waals surface area contributed by atoms with Crippen LogP contribution in [0.25, 0.3) is 11.1 Å². The molecule has 2 aromatic carbocycles. The molecule has 1 saturated carbocycles. The fourth-order valence-electron chi connectivity index (χ4n) is 5.56. The highest BCUT2D eigenvalue weighted by Gasteiger charge is 2.44. The van der Waals surface area contributed by atoms with Gasteiger partial charge in [0.2, 0.25) is 0 Å². The van der Waals surface area contributed by atoms with Crippen LogP contribution in [0.5, 0.6) is 5.75 Å². The Morgan fingerprint density at radius 2 is 1.79 bits per heavy atom. The molecule has 2 atom stereocenters. The number of rotatable bonds is 2. The maximum absolute atomic E-state index is 9.00. The maximum Gasteiger partial charge on any atom is 0.123 e. The molecule has 1 saturated heterocycles. The molecule has 2 fully saturated rings. The van der Waals surface area contributed by atoms with Gasteiger partial charge in [0.25, 0.3) is 0 Å². The van der Waals surface area contributed by atoms with Crippen LogP contribution in [-0.4, -0.2) is 29.6 Å². The van der Waals surface area contributed by atoms with Gasteiger partial charge < -0.3 is 4.74 Å². The lowest BCUT2D eigenvalue weighted by molar-refractivity contribution is 0.000775. The van der Waals surface area contributed by atoms with Crippen molar-refractivity contribution in [3.05, 3.63) is 53.6 Å². The van der Waals surface area contributed by atoms with E-state index in [1.165, 1.54) is 43.5 Å². The summed E-state index contributed by atoms with van der Waals surface area (Å²) in [4.78, 5) is 2.73. The number of nitriles is 1. The minimum absolute atomic E-state index is 0.00393. The highest BCUT2D eigenvalue weighted by molar-refractivity contribution is 5.67. The van der Waals surface area contributed by atoms with Crippen LogP contribution in [0.15, 0.2) is 42.5 Å². The lowest BCUT2D eigenvalue weighted by Crippen LogP contribution is -2.51. The van der Waals surface area contributed by atoms with Gasteiger partial charge in [-0.2, -0.15) is 5.26 Å². The van der Waals surface area contributed by atoms with Crippen LogP contribution in [0.4, 0.5) is 0 Å². The molecule has 0 amide bonds. The van der Waals surface area contributed by atoms with Crippen molar-refractivity contribution in [1.29, 1.82) is 5.26 Å². The number of benzene rings is 2. The number of nitrogens with zero attached hydrogens (tertiary/aromatic N) is 2. The number of piperidine rings is 1. The van der Waals surface area contributed by atoms with Crippen molar-refractivity contribution in [3.8, 4) is 22.9 Å². The summed E-state index contributed by atoms with van der Waals surface area (Å²) in [6, 6.07) is 17.4. The zero-order chi connectivity index (χ0) is 19.1. The van der Waals surface area contributed by atoms with E-state index >= 15 is 0 Å². The molecule has 28 heavy (non-hydrogen) atoms. The van der Waals surface area contributed by atoms with E-state index in [0.29, 0.717) is 5.56 Å². The molecule has 0 bridgehead atoms. The summed E-state index contributed by atoms with van der Waals surface area (Å²) in [6.45, 7) is 4.77. The minimum Gasteiger partial charge on any atom is -0.487 e. The van der Waals surface area contributed by atoms with Crippen LogP contribution in [0, 0.1) is 17.2 Å². The zero-order valence-electron chi connectivity index (χ0n) is 16.7. The smallest absolute Gasteiger partial charge is 0.123 e. The molecule has 0 radical (unpaired) electrons. The molecule has 1 aliphatic carbocycles. The first-order valence-corrected chi connectivity index (χ1v) is 10.7. The monoisotopic (exact) mass is 372 g/mol. The van der Waals surface area contributed by atoms with Crippen molar-refractivity contribution in [2.45, 2.75) is 57.1 Å². The second kappa shape index (κ2) is 6.94. The predicted molar refractivity (Wildman–Crippen MR) is 111 cm³/mol. The third kappa shape index (κ3) is 3.10. The third-order valence-corrected chi connectivity index (χ3v) is 7.24. The highest BCUT2D eigenvalue weighted by Crippen LogP contribution is 2.43. The summed E-state index contributed by atoms with van der Waals surface area (Å²) in [5.41, 5.74) is 4.42. The molecule has 3 nitrogen and oxygen atoms in total. The quantitative estimate of drug-likeness (QED) is 0.728. The molecular formula is C25H28N2O. The molecule has 2 unspecified atom stereocenters. The Bertz CT molecular complexity index is 903. The summed E-state index contributed by atoms with van der Waals surface area (Å²) in [5, 5.41) is 9.00. The van der Waals surface area contributed by atoms with Gasteiger partial charge in [0.05, 0.1) is 11.6 Å².